The smallest absolute Gasteiger partial charge is 0.307 e. The average Bonchev–Trinajstić information content (AvgIpc) is 2.88. The number of halogens is 2. The molecule has 116 valence electrons. The third-order valence-electron chi connectivity index (χ3n) is 3.41. The number of amides is 1. The van der Waals surface area contributed by atoms with E-state index in [0.29, 0.717) is 21.2 Å². The minimum atomic E-state index is -0.432. The summed E-state index contributed by atoms with van der Waals surface area (Å²) in [5.41, 5.74) is 4.39. The Morgan fingerprint density at radius 1 is 1.13 bits per heavy atom. The van der Waals surface area contributed by atoms with Gasteiger partial charge in [0.1, 0.15) is 5.58 Å². The fourth-order valence-corrected chi connectivity index (χ4v) is 2.73. The second-order valence-electron chi connectivity index (χ2n) is 4.89. The Labute approximate surface area is 142 Å². The zero-order valence-corrected chi connectivity index (χ0v) is 13.7. The molecule has 0 aliphatic heterocycles. The molecular formula is C17H12Cl2N2O2. The van der Waals surface area contributed by atoms with Crippen LogP contribution in [0, 0.1) is 6.92 Å². The number of rotatable bonds is 3. The Kier molecular flexibility index (Phi) is 4.37. The van der Waals surface area contributed by atoms with Gasteiger partial charge in [0.25, 0.3) is 0 Å². The molecule has 0 saturated heterocycles. The van der Waals surface area contributed by atoms with Crippen LogP contribution >= 0.6 is 23.2 Å². The van der Waals surface area contributed by atoms with Crippen molar-refractivity contribution in [1.82, 2.24) is 5.43 Å². The Morgan fingerprint density at radius 3 is 2.52 bits per heavy atom. The number of hydrogen-bond acceptors (Lipinski definition) is 3. The van der Waals surface area contributed by atoms with Crippen LogP contribution in [0.1, 0.15) is 21.7 Å². The Hall–Kier alpha value is -2.30. The van der Waals surface area contributed by atoms with Gasteiger partial charge < -0.3 is 4.42 Å². The molecule has 3 aromatic rings. The Morgan fingerprint density at radius 2 is 1.83 bits per heavy atom. The van der Waals surface area contributed by atoms with Gasteiger partial charge in [-0.3, -0.25) is 4.79 Å². The fraction of sp³-hybridized carbons (Fsp3) is 0.0588. The first-order chi connectivity index (χ1) is 11.1. The molecular weight excluding hydrogens is 335 g/mol. The lowest BCUT2D eigenvalue weighted by Gasteiger charge is -2.01. The van der Waals surface area contributed by atoms with E-state index in [0.717, 1.165) is 10.9 Å². The minimum absolute atomic E-state index is 0.230. The number of carbonyl (C=O) groups is 1. The molecule has 0 atom stereocenters. The van der Waals surface area contributed by atoms with Gasteiger partial charge in [-0.1, -0.05) is 47.5 Å². The molecule has 0 radical (unpaired) electrons. The van der Waals surface area contributed by atoms with Crippen molar-refractivity contribution in [2.24, 2.45) is 5.10 Å². The lowest BCUT2D eigenvalue weighted by Crippen LogP contribution is -2.17. The molecule has 1 amide bonds. The molecule has 1 N–H and O–H groups in total. The molecule has 0 aliphatic rings. The van der Waals surface area contributed by atoms with Crippen LogP contribution in [0.15, 0.2) is 52.0 Å². The molecule has 0 aliphatic carbocycles. The lowest BCUT2D eigenvalue weighted by molar-refractivity contribution is 0.0929. The quantitative estimate of drug-likeness (QED) is 0.546. The third kappa shape index (κ3) is 3.09. The number of fused-ring (bicyclic) bond motifs is 1. The number of nitrogens with zero attached hydrogens (tertiary/aromatic N) is 1. The molecule has 0 spiro atoms. The molecule has 0 saturated carbocycles. The molecule has 6 heteroatoms. The summed E-state index contributed by atoms with van der Waals surface area (Å²) < 4.78 is 5.57. The molecule has 23 heavy (non-hydrogen) atoms. The maximum Gasteiger partial charge on any atom is 0.307 e. The molecule has 1 aromatic heterocycles. The van der Waals surface area contributed by atoms with Crippen molar-refractivity contribution in [3.05, 3.63) is 69.4 Å². The van der Waals surface area contributed by atoms with Crippen LogP contribution in [-0.4, -0.2) is 12.1 Å². The first kappa shape index (κ1) is 15.6. The summed E-state index contributed by atoms with van der Waals surface area (Å²) in [6.45, 7) is 1.83. The van der Waals surface area contributed by atoms with E-state index < -0.39 is 5.91 Å². The van der Waals surface area contributed by atoms with Crippen LogP contribution in [0.25, 0.3) is 11.0 Å². The summed E-state index contributed by atoms with van der Waals surface area (Å²) >= 11 is 12.1. The van der Waals surface area contributed by atoms with Crippen LogP contribution in [0.4, 0.5) is 0 Å². The normalized spacial score (nSPS) is 11.3. The zero-order valence-electron chi connectivity index (χ0n) is 12.1. The standard InChI is InChI=1S/C17H12Cl2N2O2/c1-10-11-5-2-3-8-15(11)23-16(10)17(22)21-20-9-12-13(18)6-4-7-14(12)19/h2-9H,1H3,(H,21,22)/b20-9-. The van der Waals surface area contributed by atoms with Crippen molar-refractivity contribution in [2.75, 3.05) is 0 Å². The summed E-state index contributed by atoms with van der Waals surface area (Å²) in [6.07, 6.45) is 1.40. The molecule has 0 bridgehead atoms. The van der Waals surface area contributed by atoms with Crippen LogP contribution < -0.4 is 5.43 Å². The van der Waals surface area contributed by atoms with E-state index in [4.69, 9.17) is 27.6 Å². The molecule has 1 heterocycles. The van der Waals surface area contributed by atoms with Gasteiger partial charge in [0.05, 0.1) is 16.3 Å². The highest BCUT2D eigenvalue weighted by molar-refractivity contribution is 6.38. The monoisotopic (exact) mass is 346 g/mol. The largest absolute Gasteiger partial charge is 0.451 e. The Bertz CT molecular complexity index is 896. The zero-order chi connectivity index (χ0) is 16.4. The van der Waals surface area contributed by atoms with Crippen molar-refractivity contribution in [3.63, 3.8) is 0 Å². The summed E-state index contributed by atoms with van der Waals surface area (Å²) in [7, 11) is 0. The van der Waals surface area contributed by atoms with E-state index in [-0.39, 0.29) is 5.76 Å². The van der Waals surface area contributed by atoms with Crippen LogP contribution in [-0.2, 0) is 0 Å². The number of hydrogen-bond donors (Lipinski definition) is 1. The van der Waals surface area contributed by atoms with E-state index in [1.54, 1.807) is 18.2 Å². The van der Waals surface area contributed by atoms with Crippen molar-refractivity contribution < 1.29 is 9.21 Å². The highest BCUT2D eigenvalue weighted by atomic mass is 35.5. The predicted molar refractivity (Wildman–Crippen MR) is 92.5 cm³/mol. The van der Waals surface area contributed by atoms with Gasteiger partial charge in [-0.2, -0.15) is 5.10 Å². The van der Waals surface area contributed by atoms with Gasteiger partial charge in [-0.25, -0.2) is 5.43 Å². The fourth-order valence-electron chi connectivity index (χ4n) is 2.23. The van der Waals surface area contributed by atoms with Crippen molar-refractivity contribution in [3.8, 4) is 0 Å². The van der Waals surface area contributed by atoms with Gasteiger partial charge in [0.2, 0.25) is 0 Å². The van der Waals surface area contributed by atoms with Crippen LogP contribution in [0.5, 0.6) is 0 Å². The first-order valence-corrected chi connectivity index (χ1v) is 7.59. The van der Waals surface area contributed by atoms with E-state index in [1.165, 1.54) is 6.21 Å². The van der Waals surface area contributed by atoms with Gasteiger partial charge >= 0.3 is 5.91 Å². The summed E-state index contributed by atoms with van der Waals surface area (Å²) in [6, 6.07) is 12.6. The highest BCUT2D eigenvalue weighted by Crippen LogP contribution is 2.25. The van der Waals surface area contributed by atoms with Crippen molar-refractivity contribution >= 4 is 46.3 Å². The highest BCUT2D eigenvalue weighted by Gasteiger charge is 2.16. The minimum Gasteiger partial charge on any atom is -0.451 e. The van der Waals surface area contributed by atoms with Crippen LogP contribution in [0.2, 0.25) is 10.0 Å². The summed E-state index contributed by atoms with van der Waals surface area (Å²) in [5.74, 6) is -0.202. The Balaban J connectivity index is 1.81. The predicted octanol–water partition coefficient (Wildman–Crippen LogP) is 4.81. The maximum absolute atomic E-state index is 12.2. The molecule has 4 nitrogen and oxygen atoms in total. The van der Waals surface area contributed by atoms with Gasteiger partial charge in [-0.15, -0.1) is 0 Å². The number of hydrazone groups is 1. The van der Waals surface area contributed by atoms with Crippen LogP contribution in [0.3, 0.4) is 0 Å². The van der Waals surface area contributed by atoms with E-state index >= 15 is 0 Å². The van der Waals surface area contributed by atoms with Crippen molar-refractivity contribution in [1.29, 1.82) is 0 Å². The maximum atomic E-state index is 12.2. The van der Waals surface area contributed by atoms with E-state index in [1.807, 2.05) is 31.2 Å². The number of benzene rings is 2. The topological polar surface area (TPSA) is 54.6 Å². The van der Waals surface area contributed by atoms with Crippen molar-refractivity contribution in [2.45, 2.75) is 6.92 Å². The second kappa shape index (κ2) is 6.44. The van der Waals surface area contributed by atoms with Gasteiger partial charge in [0, 0.05) is 16.5 Å². The molecule has 0 fully saturated rings. The van der Waals surface area contributed by atoms with E-state index in [9.17, 15) is 4.79 Å². The number of furan rings is 1. The molecule has 3 rings (SSSR count). The number of para-hydroxylation sites is 1. The SMILES string of the molecule is Cc1c(C(=O)N/N=C\c2c(Cl)cccc2Cl)oc2ccccc12. The number of nitrogens with one attached hydrogen (secondary N) is 1. The van der Waals surface area contributed by atoms with Gasteiger partial charge in [0.15, 0.2) is 5.76 Å². The molecule has 2 aromatic carbocycles. The lowest BCUT2D eigenvalue weighted by atomic mass is 10.1. The van der Waals surface area contributed by atoms with Gasteiger partial charge in [-0.05, 0) is 25.1 Å². The third-order valence-corrected chi connectivity index (χ3v) is 4.07. The molecule has 0 unspecified atom stereocenters. The first-order valence-electron chi connectivity index (χ1n) is 6.83. The number of aryl methyl sites for hydroxylation is 1. The average molecular weight is 347 g/mol. The number of carbonyl (C=O) groups excluding carboxylic acids is 1. The van der Waals surface area contributed by atoms with E-state index in [2.05, 4.69) is 10.5 Å². The summed E-state index contributed by atoms with van der Waals surface area (Å²) in [4.78, 5) is 12.2. The second-order valence-corrected chi connectivity index (χ2v) is 5.70. The summed E-state index contributed by atoms with van der Waals surface area (Å²) in [5, 5.41) is 5.70.